The Bertz CT molecular complexity index is 534. The van der Waals surface area contributed by atoms with E-state index < -0.39 is 11.7 Å². The zero-order valence-corrected chi connectivity index (χ0v) is 20.6. The summed E-state index contributed by atoms with van der Waals surface area (Å²) in [5, 5.41) is 9.55. The van der Waals surface area contributed by atoms with E-state index in [-0.39, 0.29) is 47.9 Å². The van der Waals surface area contributed by atoms with Crippen LogP contribution >= 0.6 is 24.0 Å². The molecule has 0 aromatic heterocycles. The molecule has 3 N–H and O–H groups in total. The number of hydrogen-bond acceptors (Lipinski definition) is 4. The van der Waals surface area contributed by atoms with E-state index >= 15 is 0 Å². The van der Waals surface area contributed by atoms with Crippen molar-refractivity contribution in [3.8, 4) is 0 Å². The third-order valence-electron chi connectivity index (χ3n) is 4.40. The monoisotopic (exact) mass is 511 g/mol. The average molecular weight is 511 g/mol. The summed E-state index contributed by atoms with van der Waals surface area (Å²) in [4.78, 5) is 30.0. The van der Waals surface area contributed by atoms with Crippen molar-refractivity contribution in [1.82, 2.24) is 20.9 Å². The van der Waals surface area contributed by atoms with Crippen molar-refractivity contribution >= 4 is 41.9 Å². The van der Waals surface area contributed by atoms with E-state index in [0.29, 0.717) is 25.5 Å². The molecule has 1 aliphatic heterocycles. The molecule has 0 aromatic carbocycles. The largest absolute Gasteiger partial charge is 0.444 e. The van der Waals surface area contributed by atoms with Gasteiger partial charge in [0, 0.05) is 39.1 Å². The summed E-state index contributed by atoms with van der Waals surface area (Å²) in [6.07, 6.45) is 1.01. The van der Waals surface area contributed by atoms with Crippen LogP contribution in [0.15, 0.2) is 4.99 Å². The molecule has 2 unspecified atom stereocenters. The summed E-state index contributed by atoms with van der Waals surface area (Å²) in [6, 6.07) is 0.0863. The number of amides is 2. The minimum atomic E-state index is -0.527. The van der Waals surface area contributed by atoms with Gasteiger partial charge in [-0.25, -0.2) is 4.79 Å². The van der Waals surface area contributed by atoms with E-state index in [1.807, 2.05) is 46.4 Å². The first-order valence-electron chi connectivity index (χ1n) is 9.80. The zero-order chi connectivity index (χ0) is 20.6. The Morgan fingerprint density at radius 3 is 2.43 bits per heavy atom. The Hall–Kier alpha value is -1.26. The molecule has 28 heavy (non-hydrogen) atoms. The number of nitrogens with one attached hydrogen (secondary N) is 3. The highest BCUT2D eigenvalue weighted by atomic mass is 127. The first kappa shape index (κ1) is 26.7. The van der Waals surface area contributed by atoms with Gasteiger partial charge in [0.25, 0.3) is 0 Å². The number of nitrogens with zero attached hydrogens (tertiary/aromatic N) is 2. The fraction of sp³-hybridized carbons (Fsp3) is 0.842. The summed E-state index contributed by atoms with van der Waals surface area (Å²) in [7, 11) is 1.71. The van der Waals surface area contributed by atoms with Crippen molar-refractivity contribution in [1.29, 1.82) is 0 Å². The Kier molecular flexibility index (Phi) is 11.8. The van der Waals surface area contributed by atoms with Crippen molar-refractivity contribution < 1.29 is 14.3 Å². The molecule has 1 heterocycles. The van der Waals surface area contributed by atoms with Gasteiger partial charge in [0.2, 0.25) is 5.91 Å². The maximum atomic E-state index is 12.1. The standard InChI is InChI=1S/C19H37N5O3.HI/c1-8-16(25)24-10-9-14(12-24)22-17(20-7)21-11-15(13(2)3)23-18(26)27-19(4,5)6;/h13-15H,8-12H2,1-7H3,(H,23,26)(H2,20,21,22);1H. The molecule has 0 bridgehead atoms. The molecule has 164 valence electrons. The van der Waals surface area contributed by atoms with E-state index in [1.54, 1.807) is 7.05 Å². The van der Waals surface area contributed by atoms with Gasteiger partial charge < -0.3 is 25.6 Å². The van der Waals surface area contributed by atoms with Gasteiger partial charge in [0.1, 0.15) is 5.60 Å². The zero-order valence-electron chi connectivity index (χ0n) is 18.3. The molecule has 0 aromatic rings. The molecule has 8 nitrogen and oxygen atoms in total. The molecular formula is C19H38IN5O3. The van der Waals surface area contributed by atoms with Gasteiger partial charge in [-0.3, -0.25) is 9.79 Å². The van der Waals surface area contributed by atoms with Crippen LogP contribution in [0.2, 0.25) is 0 Å². The highest BCUT2D eigenvalue weighted by molar-refractivity contribution is 14.0. The summed E-state index contributed by atoms with van der Waals surface area (Å²) >= 11 is 0. The SMILES string of the molecule is CCC(=O)N1CCC(NC(=NC)NCC(NC(=O)OC(C)(C)C)C(C)C)C1.I. The highest BCUT2D eigenvalue weighted by Gasteiger charge is 2.26. The maximum Gasteiger partial charge on any atom is 0.407 e. The summed E-state index contributed by atoms with van der Waals surface area (Å²) < 4.78 is 5.34. The molecule has 1 aliphatic rings. The predicted molar refractivity (Wildman–Crippen MR) is 123 cm³/mol. The average Bonchev–Trinajstić information content (AvgIpc) is 3.03. The van der Waals surface area contributed by atoms with Crippen molar-refractivity contribution in [3.05, 3.63) is 0 Å². The van der Waals surface area contributed by atoms with Gasteiger partial charge in [0.05, 0.1) is 6.04 Å². The van der Waals surface area contributed by atoms with Gasteiger partial charge in [-0.2, -0.15) is 0 Å². The fourth-order valence-electron chi connectivity index (χ4n) is 2.84. The number of ether oxygens (including phenoxy) is 1. The van der Waals surface area contributed by atoms with Crippen LogP contribution in [-0.4, -0.2) is 67.2 Å². The third-order valence-corrected chi connectivity index (χ3v) is 4.40. The molecule has 2 atom stereocenters. The second-order valence-corrected chi connectivity index (χ2v) is 8.27. The molecule has 0 radical (unpaired) electrons. The van der Waals surface area contributed by atoms with Crippen LogP contribution in [0, 0.1) is 5.92 Å². The van der Waals surface area contributed by atoms with Crippen molar-refractivity contribution in [2.45, 2.75) is 72.1 Å². The number of hydrogen-bond donors (Lipinski definition) is 3. The number of aliphatic imine (C=N–C) groups is 1. The molecule has 1 rings (SSSR count). The second-order valence-electron chi connectivity index (χ2n) is 8.27. The lowest BCUT2D eigenvalue weighted by Crippen LogP contribution is -2.52. The van der Waals surface area contributed by atoms with Crippen molar-refractivity contribution in [2.24, 2.45) is 10.9 Å². The van der Waals surface area contributed by atoms with Gasteiger partial charge in [-0.15, -0.1) is 24.0 Å². The summed E-state index contributed by atoms with van der Waals surface area (Å²) in [5.41, 5.74) is -0.527. The number of alkyl carbamates (subject to hydrolysis) is 1. The third kappa shape index (κ3) is 9.79. The molecule has 0 aliphatic carbocycles. The van der Waals surface area contributed by atoms with Crippen molar-refractivity contribution in [3.63, 3.8) is 0 Å². The smallest absolute Gasteiger partial charge is 0.407 e. The lowest BCUT2D eigenvalue weighted by Gasteiger charge is -2.27. The molecule has 1 fully saturated rings. The Balaban J connectivity index is 0.00000729. The van der Waals surface area contributed by atoms with E-state index in [0.717, 1.165) is 13.0 Å². The van der Waals surface area contributed by atoms with Gasteiger partial charge >= 0.3 is 6.09 Å². The highest BCUT2D eigenvalue weighted by Crippen LogP contribution is 2.11. The number of likely N-dealkylation sites (tertiary alicyclic amines) is 1. The summed E-state index contributed by atoms with van der Waals surface area (Å²) in [6.45, 7) is 13.5. The van der Waals surface area contributed by atoms with Crippen LogP contribution < -0.4 is 16.0 Å². The first-order valence-corrected chi connectivity index (χ1v) is 9.80. The lowest BCUT2D eigenvalue weighted by molar-refractivity contribution is -0.129. The van der Waals surface area contributed by atoms with Gasteiger partial charge in [0.15, 0.2) is 5.96 Å². The number of carbonyl (C=O) groups excluding carboxylic acids is 2. The Morgan fingerprint density at radius 1 is 1.29 bits per heavy atom. The Labute approximate surface area is 186 Å². The van der Waals surface area contributed by atoms with Gasteiger partial charge in [-0.1, -0.05) is 20.8 Å². The van der Waals surface area contributed by atoms with Crippen LogP contribution in [0.5, 0.6) is 0 Å². The number of rotatable bonds is 6. The Morgan fingerprint density at radius 2 is 1.93 bits per heavy atom. The summed E-state index contributed by atoms with van der Waals surface area (Å²) in [5.74, 6) is 1.08. The van der Waals surface area contributed by atoms with Crippen molar-refractivity contribution in [2.75, 3.05) is 26.7 Å². The van der Waals surface area contributed by atoms with Gasteiger partial charge in [-0.05, 0) is 33.1 Å². The van der Waals surface area contributed by atoms with Crippen LogP contribution in [0.4, 0.5) is 4.79 Å². The number of guanidine groups is 1. The number of halogens is 1. The predicted octanol–water partition coefficient (Wildman–Crippen LogP) is 2.33. The molecule has 2 amide bonds. The van der Waals surface area contributed by atoms with Crippen LogP contribution in [-0.2, 0) is 9.53 Å². The van der Waals surface area contributed by atoms with E-state index in [1.165, 1.54) is 0 Å². The normalized spacial score (nSPS) is 18.4. The lowest BCUT2D eigenvalue weighted by atomic mass is 10.0. The second kappa shape index (κ2) is 12.3. The quantitative estimate of drug-likeness (QED) is 0.289. The minimum Gasteiger partial charge on any atom is -0.444 e. The van der Waals surface area contributed by atoms with Crippen LogP contribution in [0.3, 0.4) is 0 Å². The molecular weight excluding hydrogens is 473 g/mol. The maximum absolute atomic E-state index is 12.1. The van der Waals surface area contributed by atoms with E-state index in [9.17, 15) is 9.59 Å². The number of carbonyl (C=O) groups is 2. The van der Waals surface area contributed by atoms with E-state index in [2.05, 4.69) is 20.9 Å². The van der Waals surface area contributed by atoms with Crippen LogP contribution in [0.25, 0.3) is 0 Å². The topological polar surface area (TPSA) is 95.1 Å². The van der Waals surface area contributed by atoms with E-state index in [4.69, 9.17) is 4.74 Å². The molecule has 0 spiro atoms. The molecule has 0 saturated carbocycles. The minimum absolute atomic E-state index is 0. The van der Waals surface area contributed by atoms with Crippen LogP contribution in [0.1, 0.15) is 54.4 Å². The molecule has 1 saturated heterocycles. The fourth-order valence-corrected chi connectivity index (χ4v) is 2.84. The first-order chi connectivity index (χ1) is 12.6. The molecule has 9 heteroatoms.